The minimum atomic E-state index is -0.722. The highest BCUT2D eigenvalue weighted by Gasteiger charge is 2.34. The van der Waals surface area contributed by atoms with Crippen molar-refractivity contribution in [2.75, 3.05) is 6.54 Å². The van der Waals surface area contributed by atoms with Gasteiger partial charge in [0.25, 0.3) is 5.91 Å². The third-order valence-corrected chi connectivity index (χ3v) is 4.96. The van der Waals surface area contributed by atoms with Gasteiger partial charge in [0.05, 0.1) is 11.5 Å². The second kappa shape index (κ2) is 5.71. The van der Waals surface area contributed by atoms with Crippen LogP contribution in [0.4, 0.5) is 4.39 Å². The molecule has 2 aliphatic rings. The summed E-state index contributed by atoms with van der Waals surface area (Å²) in [5.41, 5.74) is 1.47. The molecule has 5 heteroatoms. The summed E-state index contributed by atoms with van der Waals surface area (Å²) in [4.78, 5) is 25.1. The molecule has 0 spiro atoms. The Labute approximate surface area is 128 Å². The molecule has 0 saturated heterocycles. The average Bonchev–Trinajstić information content (AvgIpc) is 2.81. The van der Waals surface area contributed by atoms with Gasteiger partial charge in [0.15, 0.2) is 0 Å². The summed E-state index contributed by atoms with van der Waals surface area (Å²) in [5, 5.41) is 9.02. The van der Waals surface area contributed by atoms with Crippen molar-refractivity contribution in [3.63, 3.8) is 0 Å². The Balaban J connectivity index is 1.65. The van der Waals surface area contributed by atoms with E-state index in [0.717, 1.165) is 18.4 Å². The Morgan fingerprint density at radius 3 is 2.64 bits per heavy atom. The summed E-state index contributed by atoms with van der Waals surface area (Å²) in [6.45, 7) is 2.72. The van der Waals surface area contributed by atoms with Gasteiger partial charge in [-0.05, 0) is 49.7 Å². The van der Waals surface area contributed by atoms with Gasteiger partial charge in [0, 0.05) is 13.1 Å². The molecule has 0 radical (unpaired) electrons. The van der Waals surface area contributed by atoms with Gasteiger partial charge in [0.2, 0.25) is 0 Å². The number of fused-ring (bicyclic) bond motifs is 1. The second-order valence-electron chi connectivity index (χ2n) is 6.47. The Bertz CT molecular complexity index is 621. The van der Waals surface area contributed by atoms with Crippen LogP contribution >= 0.6 is 0 Å². The Hall–Kier alpha value is -1.91. The van der Waals surface area contributed by atoms with Crippen LogP contribution in [0.25, 0.3) is 0 Å². The smallest absolute Gasteiger partial charge is 0.306 e. The number of carboxylic acid groups (broad SMARTS) is 1. The van der Waals surface area contributed by atoms with Crippen LogP contribution in [0.15, 0.2) is 12.1 Å². The van der Waals surface area contributed by atoms with Gasteiger partial charge < -0.3 is 10.0 Å². The fraction of sp³-hybridized carbons (Fsp3) is 0.529. The summed E-state index contributed by atoms with van der Waals surface area (Å²) >= 11 is 0. The SMILES string of the molecule is Cc1ccc2c(c1F)C(=O)N(CC1CCC(C(=O)O)CC1)C2. The first-order valence-corrected chi connectivity index (χ1v) is 7.77. The number of hydrogen-bond acceptors (Lipinski definition) is 2. The predicted molar refractivity (Wildman–Crippen MR) is 79.0 cm³/mol. The van der Waals surface area contributed by atoms with Crippen LogP contribution in [0.3, 0.4) is 0 Å². The highest BCUT2D eigenvalue weighted by atomic mass is 19.1. The molecule has 1 aliphatic carbocycles. The van der Waals surface area contributed by atoms with Gasteiger partial charge in [-0.3, -0.25) is 9.59 Å². The number of halogens is 1. The maximum Gasteiger partial charge on any atom is 0.306 e. The number of amides is 1. The third-order valence-electron chi connectivity index (χ3n) is 4.96. The fourth-order valence-corrected chi connectivity index (χ4v) is 3.57. The van der Waals surface area contributed by atoms with Crippen molar-refractivity contribution in [1.82, 2.24) is 4.90 Å². The Kier molecular flexibility index (Phi) is 3.89. The van der Waals surface area contributed by atoms with E-state index >= 15 is 0 Å². The number of aryl methyl sites for hydroxylation is 1. The number of benzene rings is 1. The normalized spacial score (nSPS) is 24.5. The van der Waals surface area contributed by atoms with E-state index in [9.17, 15) is 14.0 Å². The third kappa shape index (κ3) is 2.60. The first-order chi connectivity index (χ1) is 10.5. The molecule has 0 unspecified atom stereocenters. The zero-order chi connectivity index (χ0) is 15.9. The molecule has 4 nitrogen and oxygen atoms in total. The van der Waals surface area contributed by atoms with Gasteiger partial charge in [-0.15, -0.1) is 0 Å². The summed E-state index contributed by atoms with van der Waals surface area (Å²) in [6, 6.07) is 3.54. The van der Waals surface area contributed by atoms with Crippen LogP contribution in [0, 0.1) is 24.6 Å². The van der Waals surface area contributed by atoms with E-state index in [1.54, 1.807) is 17.9 Å². The minimum absolute atomic E-state index is 0.222. The molecule has 3 rings (SSSR count). The summed E-state index contributed by atoms with van der Waals surface area (Å²) in [7, 11) is 0. The maximum absolute atomic E-state index is 14.1. The zero-order valence-corrected chi connectivity index (χ0v) is 12.6. The molecule has 1 aromatic carbocycles. The molecule has 1 aromatic rings. The van der Waals surface area contributed by atoms with Crippen molar-refractivity contribution in [3.05, 3.63) is 34.6 Å². The molecule has 1 aliphatic heterocycles. The van der Waals surface area contributed by atoms with Crippen molar-refractivity contribution in [2.45, 2.75) is 39.2 Å². The van der Waals surface area contributed by atoms with E-state index in [1.807, 2.05) is 6.07 Å². The number of nitrogens with zero attached hydrogens (tertiary/aromatic N) is 1. The molecule has 0 aromatic heterocycles. The molecule has 1 fully saturated rings. The first-order valence-electron chi connectivity index (χ1n) is 7.77. The molecule has 1 N–H and O–H groups in total. The average molecular weight is 305 g/mol. The molecule has 1 saturated carbocycles. The topological polar surface area (TPSA) is 57.6 Å². The highest BCUT2D eigenvalue weighted by Crippen LogP contribution is 2.33. The van der Waals surface area contributed by atoms with E-state index in [2.05, 4.69) is 0 Å². The van der Waals surface area contributed by atoms with Crippen LogP contribution in [-0.4, -0.2) is 28.4 Å². The molecule has 22 heavy (non-hydrogen) atoms. The van der Waals surface area contributed by atoms with Crippen molar-refractivity contribution < 1.29 is 19.1 Å². The quantitative estimate of drug-likeness (QED) is 0.934. The van der Waals surface area contributed by atoms with Crippen LogP contribution in [-0.2, 0) is 11.3 Å². The Morgan fingerprint density at radius 1 is 1.32 bits per heavy atom. The summed E-state index contributed by atoms with van der Waals surface area (Å²) in [5.74, 6) is -1.28. The van der Waals surface area contributed by atoms with E-state index in [0.29, 0.717) is 37.4 Å². The number of hydrogen-bond donors (Lipinski definition) is 1. The van der Waals surface area contributed by atoms with Crippen molar-refractivity contribution in [3.8, 4) is 0 Å². The number of carbonyl (C=O) groups excluding carboxylic acids is 1. The van der Waals surface area contributed by atoms with E-state index in [1.165, 1.54) is 0 Å². The van der Waals surface area contributed by atoms with Crippen LogP contribution in [0.2, 0.25) is 0 Å². The lowest BCUT2D eigenvalue weighted by atomic mass is 9.82. The lowest BCUT2D eigenvalue weighted by molar-refractivity contribution is -0.143. The number of carboxylic acids is 1. The monoisotopic (exact) mass is 305 g/mol. The van der Waals surface area contributed by atoms with Crippen molar-refractivity contribution in [1.29, 1.82) is 0 Å². The molecular weight excluding hydrogens is 285 g/mol. The molecule has 0 bridgehead atoms. The number of aliphatic carboxylic acids is 1. The fourth-order valence-electron chi connectivity index (χ4n) is 3.57. The highest BCUT2D eigenvalue weighted by molar-refractivity contribution is 5.98. The van der Waals surface area contributed by atoms with Gasteiger partial charge in [-0.1, -0.05) is 12.1 Å². The Morgan fingerprint density at radius 2 is 2.00 bits per heavy atom. The minimum Gasteiger partial charge on any atom is -0.481 e. The predicted octanol–water partition coefficient (Wildman–Crippen LogP) is 2.98. The lowest BCUT2D eigenvalue weighted by Gasteiger charge is -2.29. The van der Waals surface area contributed by atoms with E-state index < -0.39 is 11.8 Å². The van der Waals surface area contributed by atoms with Crippen molar-refractivity contribution in [2.24, 2.45) is 11.8 Å². The second-order valence-corrected chi connectivity index (χ2v) is 6.47. The molecule has 0 atom stereocenters. The van der Waals surface area contributed by atoms with Gasteiger partial charge in [-0.2, -0.15) is 0 Å². The van der Waals surface area contributed by atoms with E-state index in [4.69, 9.17) is 5.11 Å². The van der Waals surface area contributed by atoms with Gasteiger partial charge in [-0.25, -0.2) is 4.39 Å². The molecule has 118 valence electrons. The van der Waals surface area contributed by atoms with Crippen LogP contribution in [0.1, 0.15) is 47.2 Å². The summed E-state index contributed by atoms with van der Waals surface area (Å²) < 4.78 is 14.1. The lowest BCUT2D eigenvalue weighted by Crippen LogP contribution is -2.33. The van der Waals surface area contributed by atoms with Crippen LogP contribution < -0.4 is 0 Å². The van der Waals surface area contributed by atoms with Gasteiger partial charge in [0.1, 0.15) is 5.82 Å². The standard InChI is InChI=1S/C17H20FNO3/c1-10-2-5-13-9-19(16(20)14(13)15(10)18)8-11-3-6-12(7-4-11)17(21)22/h2,5,11-12H,3-4,6-9H2,1H3,(H,21,22). The molecule has 1 amide bonds. The largest absolute Gasteiger partial charge is 0.481 e. The number of rotatable bonds is 3. The molecule has 1 heterocycles. The summed E-state index contributed by atoms with van der Waals surface area (Å²) in [6.07, 6.45) is 2.97. The van der Waals surface area contributed by atoms with Crippen LogP contribution in [0.5, 0.6) is 0 Å². The zero-order valence-electron chi connectivity index (χ0n) is 12.6. The number of carbonyl (C=O) groups is 2. The molecular formula is C17H20FNO3. The first kappa shape index (κ1) is 15.0. The van der Waals surface area contributed by atoms with Crippen molar-refractivity contribution >= 4 is 11.9 Å². The maximum atomic E-state index is 14.1. The van der Waals surface area contributed by atoms with Gasteiger partial charge >= 0.3 is 5.97 Å². The van der Waals surface area contributed by atoms with E-state index in [-0.39, 0.29) is 17.4 Å².